The maximum atomic E-state index is 3.86. The first kappa shape index (κ1) is 12.4. The van der Waals surface area contributed by atoms with E-state index in [-0.39, 0.29) is 5.41 Å². The summed E-state index contributed by atoms with van der Waals surface area (Å²) in [6.45, 7) is 4.74. The van der Waals surface area contributed by atoms with Crippen molar-refractivity contribution in [3.05, 3.63) is 44.4 Å². The van der Waals surface area contributed by atoms with Crippen molar-refractivity contribution in [2.75, 3.05) is 0 Å². The van der Waals surface area contributed by atoms with E-state index in [2.05, 4.69) is 85.9 Å². The summed E-state index contributed by atoms with van der Waals surface area (Å²) in [6.07, 6.45) is 0. The van der Waals surface area contributed by atoms with Crippen molar-refractivity contribution in [2.45, 2.75) is 30.5 Å². The first-order valence-electron chi connectivity index (χ1n) is 5.74. The van der Waals surface area contributed by atoms with Crippen molar-refractivity contribution in [2.24, 2.45) is 5.41 Å². The van der Waals surface area contributed by atoms with Crippen molar-refractivity contribution >= 4 is 47.8 Å². The van der Waals surface area contributed by atoms with Gasteiger partial charge in [-0.25, -0.2) is 0 Å². The van der Waals surface area contributed by atoms with Gasteiger partial charge in [0, 0.05) is 20.8 Å². The molecule has 0 amide bonds. The molecule has 0 spiro atoms. The lowest BCUT2D eigenvalue weighted by molar-refractivity contribution is 0.275. The van der Waals surface area contributed by atoms with Gasteiger partial charge in [0.1, 0.15) is 0 Å². The highest BCUT2D eigenvalue weighted by Crippen LogP contribution is 2.66. The van der Waals surface area contributed by atoms with Crippen LogP contribution in [0.1, 0.15) is 36.8 Å². The van der Waals surface area contributed by atoms with E-state index in [4.69, 9.17) is 0 Å². The molecule has 2 aliphatic rings. The quantitative estimate of drug-likeness (QED) is 0.474. The Kier molecular flexibility index (Phi) is 2.89. The van der Waals surface area contributed by atoms with Crippen LogP contribution in [-0.4, -0.2) is 4.83 Å². The molecule has 3 heteroatoms. The third-order valence-corrected chi connectivity index (χ3v) is 8.14. The fraction of sp³-hybridized carbons (Fsp3) is 0.429. The van der Waals surface area contributed by atoms with Crippen LogP contribution in [0.5, 0.6) is 0 Å². The molecule has 0 fully saturated rings. The average Bonchev–Trinajstić information content (AvgIpc) is 2.47. The largest absolute Gasteiger partial charge is 0.0826 e. The summed E-state index contributed by atoms with van der Waals surface area (Å²) in [7, 11) is 0. The summed E-state index contributed by atoms with van der Waals surface area (Å²) < 4.78 is 2.56. The van der Waals surface area contributed by atoms with Crippen molar-refractivity contribution in [1.29, 1.82) is 0 Å². The lowest BCUT2D eigenvalue weighted by Gasteiger charge is -2.41. The highest BCUT2D eigenvalue weighted by Gasteiger charge is 2.54. The number of halogens is 3. The van der Waals surface area contributed by atoms with E-state index in [1.807, 2.05) is 0 Å². The summed E-state index contributed by atoms with van der Waals surface area (Å²) in [5, 5.41) is 0. The van der Waals surface area contributed by atoms with E-state index in [1.54, 1.807) is 0 Å². The van der Waals surface area contributed by atoms with Crippen molar-refractivity contribution < 1.29 is 0 Å². The van der Waals surface area contributed by atoms with Gasteiger partial charge in [0.15, 0.2) is 0 Å². The molecule has 0 unspecified atom stereocenters. The molecule has 0 saturated heterocycles. The molecule has 0 saturated carbocycles. The molecule has 1 aromatic rings. The third kappa shape index (κ3) is 1.51. The minimum Gasteiger partial charge on any atom is -0.0826 e. The number of hydrogen-bond acceptors (Lipinski definition) is 0. The zero-order valence-electron chi connectivity index (χ0n) is 9.68. The Hall–Kier alpha value is 0.400. The molecule has 0 N–H and O–H groups in total. The second kappa shape index (κ2) is 3.94. The van der Waals surface area contributed by atoms with Crippen LogP contribution in [0.4, 0.5) is 0 Å². The van der Waals surface area contributed by atoms with Crippen LogP contribution in [0, 0.1) is 5.41 Å². The number of hydrogen-bond donors (Lipinski definition) is 0. The Balaban J connectivity index is 2.32. The van der Waals surface area contributed by atoms with Crippen LogP contribution in [0.25, 0.3) is 0 Å². The van der Waals surface area contributed by atoms with Gasteiger partial charge < -0.3 is 0 Å². The maximum Gasteiger partial charge on any atom is 0.0543 e. The van der Waals surface area contributed by atoms with Crippen LogP contribution in [0.15, 0.2) is 33.2 Å². The fourth-order valence-corrected chi connectivity index (χ4v) is 6.55. The Labute approximate surface area is 127 Å². The van der Waals surface area contributed by atoms with Crippen LogP contribution < -0.4 is 0 Å². The van der Waals surface area contributed by atoms with Crippen molar-refractivity contribution in [1.82, 2.24) is 0 Å². The summed E-state index contributed by atoms with van der Waals surface area (Å²) in [5.41, 5.74) is 3.23. The minimum absolute atomic E-state index is 0.258. The summed E-state index contributed by atoms with van der Waals surface area (Å²) in [5.74, 6) is 1.02. The van der Waals surface area contributed by atoms with Crippen LogP contribution >= 0.6 is 47.8 Å². The predicted octanol–water partition coefficient (Wildman–Crippen LogP) is 5.67. The van der Waals surface area contributed by atoms with Gasteiger partial charge in [-0.15, -0.1) is 0 Å². The number of fused-ring (bicyclic) bond motifs is 5. The molecule has 2 bridgehead atoms. The van der Waals surface area contributed by atoms with Crippen LogP contribution in [0.3, 0.4) is 0 Å². The summed E-state index contributed by atoms with van der Waals surface area (Å²) in [6, 6.07) is 8.85. The highest BCUT2D eigenvalue weighted by molar-refractivity contribution is 9.15. The Morgan fingerprint density at radius 1 is 1.00 bits per heavy atom. The smallest absolute Gasteiger partial charge is 0.0543 e. The monoisotopic (exact) mass is 418 g/mol. The van der Waals surface area contributed by atoms with Gasteiger partial charge >= 0.3 is 0 Å². The van der Waals surface area contributed by atoms with Crippen LogP contribution in [0.2, 0.25) is 0 Å². The van der Waals surface area contributed by atoms with E-state index in [1.165, 1.54) is 20.1 Å². The van der Waals surface area contributed by atoms with Crippen LogP contribution in [-0.2, 0) is 0 Å². The molecule has 0 aliphatic heterocycles. The second-order valence-electron chi connectivity index (χ2n) is 5.46. The highest BCUT2D eigenvalue weighted by atomic mass is 79.9. The molecular weight excluding hydrogens is 408 g/mol. The van der Waals surface area contributed by atoms with Gasteiger partial charge in [-0.05, 0) is 16.5 Å². The van der Waals surface area contributed by atoms with E-state index in [0.717, 1.165) is 0 Å². The van der Waals surface area contributed by atoms with Gasteiger partial charge in [-0.3, -0.25) is 0 Å². The topological polar surface area (TPSA) is 0 Å². The molecule has 2 aliphatic carbocycles. The zero-order chi connectivity index (χ0) is 12.4. The maximum absolute atomic E-state index is 3.86. The number of alkyl halides is 1. The van der Waals surface area contributed by atoms with Gasteiger partial charge in [0.05, 0.1) is 4.83 Å². The molecule has 0 radical (unpaired) electrons. The molecule has 0 aromatic heterocycles. The molecule has 3 rings (SSSR count). The first-order valence-corrected chi connectivity index (χ1v) is 8.24. The molecule has 90 valence electrons. The summed E-state index contributed by atoms with van der Waals surface area (Å²) in [4.78, 5) is 0.367. The van der Waals surface area contributed by atoms with Gasteiger partial charge in [-0.1, -0.05) is 85.9 Å². The van der Waals surface area contributed by atoms with E-state index < -0.39 is 0 Å². The van der Waals surface area contributed by atoms with Crippen molar-refractivity contribution in [3.63, 3.8) is 0 Å². The Morgan fingerprint density at radius 3 is 2.24 bits per heavy atom. The Bertz CT molecular complexity index is 516. The average molecular weight is 421 g/mol. The number of rotatable bonds is 0. The normalized spacial score (nSPS) is 33.8. The Morgan fingerprint density at radius 2 is 1.59 bits per heavy atom. The van der Waals surface area contributed by atoms with Gasteiger partial charge in [0.2, 0.25) is 0 Å². The van der Waals surface area contributed by atoms with E-state index in [0.29, 0.717) is 16.7 Å². The predicted molar refractivity (Wildman–Crippen MR) is 83.3 cm³/mol. The fourth-order valence-electron chi connectivity index (χ4n) is 3.45. The standard InChI is InChI=1S/C14H13Br3/c1-14(2)9-7-5-3-4-6-8(7)10(14)12(16)13(17)11(9)15/h3-6,9-11H,1-2H3/t9-,10+,11-/m1/s1. The molecule has 3 atom stereocenters. The SMILES string of the molecule is CC1(C)[C@@H]2C(Br)=C(Br)[C@H](Br)[C@H]1c1ccccc12. The molecular formula is C14H13Br3. The lowest BCUT2D eigenvalue weighted by atomic mass is 9.69. The number of allylic oxidation sites excluding steroid dienone is 2. The number of benzene rings is 1. The molecule has 1 aromatic carbocycles. The minimum atomic E-state index is 0.258. The molecule has 17 heavy (non-hydrogen) atoms. The van der Waals surface area contributed by atoms with Gasteiger partial charge in [0.25, 0.3) is 0 Å². The molecule has 0 nitrogen and oxygen atoms in total. The third-order valence-electron chi connectivity index (χ3n) is 4.20. The summed E-state index contributed by atoms with van der Waals surface area (Å²) >= 11 is 11.4. The zero-order valence-corrected chi connectivity index (χ0v) is 14.4. The first-order chi connectivity index (χ1) is 7.96. The second-order valence-corrected chi connectivity index (χ2v) is 8.15. The van der Waals surface area contributed by atoms with Crippen molar-refractivity contribution in [3.8, 4) is 0 Å². The van der Waals surface area contributed by atoms with E-state index >= 15 is 0 Å². The molecule has 0 heterocycles. The van der Waals surface area contributed by atoms with E-state index in [9.17, 15) is 0 Å². The lowest BCUT2D eigenvalue weighted by Crippen LogP contribution is -2.33. The van der Waals surface area contributed by atoms with Gasteiger partial charge in [-0.2, -0.15) is 0 Å².